The predicted molar refractivity (Wildman–Crippen MR) is 55.1 cm³/mol. The Hall–Kier alpha value is -0.890. The lowest BCUT2D eigenvalue weighted by Crippen LogP contribution is -1.91. The maximum atomic E-state index is 5.11. The van der Waals surface area contributed by atoms with E-state index in [0.29, 0.717) is 0 Å². The second-order valence-corrected chi connectivity index (χ2v) is 2.77. The van der Waals surface area contributed by atoms with E-state index in [1.807, 2.05) is 18.2 Å². The molecule has 0 saturated carbocycles. The summed E-state index contributed by atoms with van der Waals surface area (Å²) in [6.45, 7) is 2.11. The summed E-state index contributed by atoms with van der Waals surface area (Å²) in [5.74, 6) is 0.896. The van der Waals surface area contributed by atoms with Crippen molar-refractivity contribution in [2.75, 3.05) is 7.11 Å². The smallest absolute Gasteiger partial charge is 0.119 e. The first-order chi connectivity index (χ1) is 5.81. The van der Waals surface area contributed by atoms with E-state index in [4.69, 9.17) is 17.0 Å². The van der Waals surface area contributed by atoms with Crippen LogP contribution in [0.5, 0.6) is 5.75 Å². The lowest BCUT2D eigenvalue weighted by molar-refractivity contribution is 0.414. The Morgan fingerprint density at radius 1 is 1.50 bits per heavy atom. The van der Waals surface area contributed by atoms with Gasteiger partial charge in [-0.25, -0.2) is 0 Å². The molecule has 0 amide bonds. The third kappa shape index (κ3) is 1.83. The quantitative estimate of drug-likeness (QED) is 0.661. The van der Waals surface area contributed by atoms with Crippen LogP contribution in [0.1, 0.15) is 18.1 Å². The molecule has 0 aromatic heterocycles. The lowest BCUT2D eigenvalue weighted by Gasteiger charge is -2.05. The van der Waals surface area contributed by atoms with Crippen molar-refractivity contribution < 1.29 is 4.74 Å². The number of thiocarbonyl (C=S) groups is 1. The molecule has 0 spiro atoms. The van der Waals surface area contributed by atoms with Crippen LogP contribution in [0.15, 0.2) is 18.2 Å². The van der Waals surface area contributed by atoms with Crippen LogP contribution >= 0.6 is 12.2 Å². The van der Waals surface area contributed by atoms with Crippen molar-refractivity contribution in [1.29, 1.82) is 0 Å². The first-order valence-corrected chi connectivity index (χ1v) is 4.41. The van der Waals surface area contributed by atoms with Crippen molar-refractivity contribution in [3.8, 4) is 5.75 Å². The molecule has 1 nitrogen and oxygen atoms in total. The zero-order chi connectivity index (χ0) is 8.97. The highest BCUT2D eigenvalue weighted by Crippen LogP contribution is 2.16. The van der Waals surface area contributed by atoms with Crippen molar-refractivity contribution >= 4 is 17.6 Å². The zero-order valence-corrected chi connectivity index (χ0v) is 8.15. The molecule has 0 aliphatic heterocycles. The van der Waals surface area contributed by atoms with Gasteiger partial charge in [0.2, 0.25) is 0 Å². The summed E-state index contributed by atoms with van der Waals surface area (Å²) >= 11 is 4.89. The van der Waals surface area contributed by atoms with Gasteiger partial charge in [0, 0.05) is 5.37 Å². The van der Waals surface area contributed by atoms with Gasteiger partial charge in [-0.05, 0) is 29.7 Å². The fourth-order valence-electron chi connectivity index (χ4n) is 1.13. The van der Waals surface area contributed by atoms with Crippen LogP contribution < -0.4 is 4.74 Å². The maximum Gasteiger partial charge on any atom is 0.119 e. The molecule has 0 fully saturated rings. The number of hydrogen-bond donors (Lipinski definition) is 0. The third-order valence-electron chi connectivity index (χ3n) is 1.86. The summed E-state index contributed by atoms with van der Waals surface area (Å²) in [5.41, 5.74) is 2.36. The molecule has 0 heterocycles. The van der Waals surface area contributed by atoms with E-state index >= 15 is 0 Å². The van der Waals surface area contributed by atoms with Gasteiger partial charge in [-0.3, -0.25) is 0 Å². The van der Waals surface area contributed by atoms with Gasteiger partial charge < -0.3 is 4.74 Å². The normalized spacial score (nSPS) is 9.50. The fourth-order valence-corrected chi connectivity index (χ4v) is 1.36. The van der Waals surface area contributed by atoms with Gasteiger partial charge >= 0.3 is 0 Å². The molecule has 1 aromatic rings. The molecule has 0 radical (unpaired) electrons. The number of benzene rings is 1. The number of rotatable bonds is 3. The Labute approximate surface area is 78.4 Å². The van der Waals surface area contributed by atoms with E-state index in [9.17, 15) is 0 Å². The first-order valence-electron chi connectivity index (χ1n) is 3.94. The Balaban J connectivity index is 3.10. The second-order valence-electron chi connectivity index (χ2n) is 2.54. The van der Waals surface area contributed by atoms with Gasteiger partial charge in [-0.2, -0.15) is 0 Å². The van der Waals surface area contributed by atoms with Gasteiger partial charge in [0.15, 0.2) is 0 Å². The van der Waals surface area contributed by atoms with E-state index in [-0.39, 0.29) is 0 Å². The van der Waals surface area contributed by atoms with Crippen LogP contribution in [0, 0.1) is 0 Å². The van der Waals surface area contributed by atoms with E-state index in [1.54, 1.807) is 12.5 Å². The fraction of sp³-hybridized carbons (Fsp3) is 0.300. The largest absolute Gasteiger partial charge is 0.497 e. The molecular weight excluding hydrogens is 168 g/mol. The van der Waals surface area contributed by atoms with Crippen LogP contribution in [-0.4, -0.2) is 12.5 Å². The van der Waals surface area contributed by atoms with Crippen LogP contribution in [0.4, 0.5) is 0 Å². The number of ether oxygens (including phenoxy) is 1. The average Bonchev–Trinajstić information content (AvgIpc) is 2.16. The van der Waals surface area contributed by atoms with Crippen molar-refractivity contribution in [1.82, 2.24) is 0 Å². The molecule has 0 atom stereocenters. The van der Waals surface area contributed by atoms with Gasteiger partial charge in [-0.15, -0.1) is 0 Å². The first kappa shape index (κ1) is 9.20. The summed E-state index contributed by atoms with van der Waals surface area (Å²) in [7, 11) is 1.67. The molecule has 1 aromatic carbocycles. The molecule has 0 aliphatic rings. The molecule has 1 rings (SSSR count). The van der Waals surface area contributed by atoms with Crippen molar-refractivity contribution in [2.24, 2.45) is 0 Å². The standard InChI is InChI=1S/C10H12OS/c1-3-8-6-10(11-2)5-4-9(8)7-12/h4-7H,3H2,1-2H3. The lowest BCUT2D eigenvalue weighted by atomic mass is 10.1. The van der Waals surface area contributed by atoms with E-state index in [2.05, 4.69) is 6.92 Å². The number of hydrogen-bond acceptors (Lipinski definition) is 2. The minimum atomic E-state index is 0.896. The molecule has 0 saturated heterocycles. The van der Waals surface area contributed by atoms with Gasteiger partial charge in [0.1, 0.15) is 5.75 Å². The predicted octanol–water partition coefficient (Wildman–Crippen LogP) is 2.61. The van der Waals surface area contributed by atoms with Crippen molar-refractivity contribution in [2.45, 2.75) is 13.3 Å². The molecule has 0 unspecified atom stereocenters. The molecule has 0 bridgehead atoms. The van der Waals surface area contributed by atoms with Crippen LogP contribution in [0.25, 0.3) is 0 Å². The monoisotopic (exact) mass is 180 g/mol. The molecule has 2 heteroatoms. The third-order valence-corrected chi connectivity index (χ3v) is 2.11. The summed E-state index contributed by atoms with van der Waals surface area (Å²) in [5, 5.41) is 1.71. The van der Waals surface area contributed by atoms with Gasteiger partial charge in [-0.1, -0.05) is 25.2 Å². The minimum absolute atomic E-state index is 0.896. The highest BCUT2D eigenvalue weighted by Gasteiger charge is 1.98. The highest BCUT2D eigenvalue weighted by atomic mass is 32.1. The average molecular weight is 180 g/mol. The summed E-state index contributed by atoms with van der Waals surface area (Å²) < 4.78 is 5.11. The number of methoxy groups -OCH3 is 1. The van der Waals surface area contributed by atoms with Gasteiger partial charge in [0.25, 0.3) is 0 Å². The van der Waals surface area contributed by atoms with E-state index in [0.717, 1.165) is 17.7 Å². The van der Waals surface area contributed by atoms with Crippen LogP contribution in [0.3, 0.4) is 0 Å². The van der Waals surface area contributed by atoms with Crippen molar-refractivity contribution in [3.63, 3.8) is 0 Å². The topological polar surface area (TPSA) is 9.23 Å². The SMILES string of the molecule is CCc1cc(OC)ccc1C=S. The Kier molecular flexibility index (Phi) is 3.23. The minimum Gasteiger partial charge on any atom is -0.497 e. The summed E-state index contributed by atoms with van der Waals surface area (Å²) in [4.78, 5) is 0. The summed E-state index contributed by atoms with van der Waals surface area (Å²) in [6, 6.07) is 5.94. The molecular formula is C10H12OS. The van der Waals surface area contributed by atoms with Gasteiger partial charge in [0.05, 0.1) is 7.11 Å². The Morgan fingerprint density at radius 3 is 2.75 bits per heavy atom. The molecule has 12 heavy (non-hydrogen) atoms. The van der Waals surface area contributed by atoms with E-state index < -0.39 is 0 Å². The molecule has 64 valence electrons. The Morgan fingerprint density at radius 2 is 2.25 bits per heavy atom. The molecule has 0 N–H and O–H groups in total. The maximum absolute atomic E-state index is 5.11. The summed E-state index contributed by atoms with van der Waals surface area (Å²) in [6.07, 6.45) is 0.986. The zero-order valence-electron chi connectivity index (χ0n) is 7.33. The number of aryl methyl sites for hydroxylation is 1. The molecule has 0 aliphatic carbocycles. The van der Waals surface area contributed by atoms with Crippen molar-refractivity contribution in [3.05, 3.63) is 29.3 Å². The highest BCUT2D eigenvalue weighted by molar-refractivity contribution is 7.79. The van der Waals surface area contributed by atoms with Crippen LogP contribution in [-0.2, 0) is 6.42 Å². The Bertz CT molecular complexity index is 281. The second kappa shape index (κ2) is 4.21. The van der Waals surface area contributed by atoms with E-state index in [1.165, 1.54) is 5.56 Å². The van der Waals surface area contributed by atoms with Crippen LogP contribution in [0.2, 0.25) is 0 Å².